The highest BCUT2D eigenvalue weighted by Gasteiger charge is 2.04. The molecule has 0 aromatic carbocycles. The smallest absolute Gasteiger partial charge is 0.151 e. The molecule has 1 N–H and O–H groups in total. The van der Waals surface area contributed by atoms with Crippen LogP contribution in [-0.4, -0.2) is 17.2 Å². The van der Waals surface area contributed by atoms with Crippen molar-refractivity contribution in [3.63, 3.8) is 0 Å². The molecule has 88 valence electrons. The van der Waals surface area contributed by atoms with Gasteiger partial charge in [-0.1, -0.05) is 5.16 Å². The van der Waals surface area contributed by atoms with Gasteiger partial charge in [-0.3, -0.25) is 4.98 Å². The Labute approximate surface area is 106 Å². The third-order valence-corrected chi connectivity index (χ3v) is 1.89. The summed E-state index contributed by atoms with van der Waals surface area (Å²) < 4.78 is 5.13. The summed E-state index contributed by atoms with van der Waals surface area (Å²) in [4.78, 5) is 3.94. The lowest BCUT2D eigenvalue weighted by atomic mass is 10.2. The highest BCUT2D eigenvalue weighted by molar-refractivity contribution is 5.85. The summed E-state index contributed by atoms with van der Waals surface area (Å²) >= 11 is 0. The zero-order chi connectivity index (χ0) is 9.80. The van der Waals surface area contributed by atoms with Crippen LogP contribution in [0.15, 0.2) is 35.1 Å². The van der Waals surface area contributed by atoms with Crippen LogP contribution in [0.5, 0.6) is 0 Å². The van der Waals surface area contributed by atoms with E-state index in [4.69, 9.17) is 4.52 Å². The van der Waals surface area contributed by atoms with Crippen molar-refractivity contribution < 1.29 is 4.52 Å². The summed E-state index contributed by atoms with van der Waals surface area (Å²) in [6.45, 7) is 0.693. The van der Waals surface area contributed by atoms with Gasteiger partial charge >= 0.3 is 0 Å². The minimum Gasteiger partial charge on any atom is -0.359 e. The molecule has 4 nitrogen and oxygen atoms in total. The topological polar surface area (TPSA) is 51.0 Å². The molecule has 2 heterocycles. The van der Waals surface area contributed by atoms with Crippen molar-refractivity contribution in [2.24, 2.45) is 0 Å². The first-order valence-corrected chi connectivity index (χ1v) is 4.41. The second-order valence-corrected chi connectivity index (χ2v) is 2.94. The van der Waals surface area contributed by atoms with Crippen molar-refractivity contribution in [2.75, 3.05) is 7.05 Å². The van der Waals surface area contributed by atoms with E-state index in [1.807, 2.05) is 25.2 Å². The first kappa shape index (κ1) is 14.9. The molecular weight excluding hydrogens is 249 g/mol. The zero-order valence-electron chi connectivity index (χ0n) is 8.71. The van der Waals surface area contributed by atoms with Gasteiger partial charge < -0.3 is 9.84 Å². The number of hydrogen-bond acceptors (Lipinski definition) is 4. The van der Waals surface area contributed by atoms with Crippen molar-refractivity contribution in [3.05, 3.63) is 36.4 Å². The van der Waals surface area contributed by atoms with Gasteiger partial charge in [0, 0.05) is 24.0 Å². The Morgan fingerprint density at radius 3 is 2.56 bits per heavy atom. The second kappa shape index (κ2) is 7.22. The van der Waals surface area contributed by atoms with Gasteiger partial charge in [-0.25, -0.2) is 0 Å². The molecular formula is C10H13Cl2N3O. The van der Waals surface area contributed by atoms with Crippen LogP contribution in [-0.2, 0) is 6.54 Å². The van der Waals surface area contributed by atoms with Crippen LogP contribution in [0.25, 0.3) is 11.3 Å². The number of halogens is 2. The molecule has 2 aromatic rings. The fourth-order valence-electron chi connectivity index (χ4n) is 1.23. The number of nitrogens with one attached hydrogen (secondary N) is 1. The molecule has 0 fully saturated rings. The Morgan fingerprint density at radius 1 is 1.25 bits per heavy atom. The van der Waals surface area contributed by atoms with Gasteiger partial charge in [-0.15, -0.1) is 24.8 Å². The standard InChI is InChI=1S/C10H11N3O.2ClH/c1-11-7-9-6-10(13-14-9)8-2-4-12-5-3-8;;/h2-6,11H,7H2,1H3;2*1H. The number of rotatable bonds is 3. The van der Waals surface area contributed by atoms with Crippen molar-refractivity contribution >= 4 is 24.8 Å². The SMILES string of the molecule is CNCc1cc(-c2ccncc2)no1.Cl.Cl. The second-order valence-electron chi connectivity index (χ2n) is 2.94. The van der Waals surface area contributed by atoms with Gasteiger partial charge in [0.05, 0.1) is 6.54 Å². The average molecular weight is 262 g/mol. The van der Waals surface area contributed by atoms with Gasteiger partial charge in [-0.05, 0) is 19.2 Å². The van der Waals surface area contributed by atoms with E-state index in [-0.39, 0.29) is 24.8 Å². The molecule has 0 aliphatic rings. The lowest BCUT2D eigenvalue weighted by Crippen LogP contribution is -2.03. The Morgan fingerprint density at radius 2 is 1.94 bits per heavy atom. The van der Waals surface area contributed by atoms with Crippen molar-refractivity contribution in [1.82, 2.24) is 15.5 Å². The van der Waals surface area contributed by atoms with Crippen molar-refractivity contribution in [2.45, 2.75) is 6.54 Å². The van der Waals surface area contributed by atoms with Crippen LogP contribution in [0.3, 0.4) is 0 Å². The Kier molecular flexibility index (Phi) is 6.72. The fraction of sp³-hybridized carbons (Fsp3) is 0.200. The summed E-state index contributed by atoms with van der Waals surface area (Å²) in [6, 6.07) is 5.73. The maximum atomic E-state index is 5.13. The van der Waals surface area contributed by atoms with Crippen LogP contribution in [0.4, 0.5) is 0 Å². The monoisotopic (exact) mass is 261 g/mol. The van der Waals surface area contributed by atoms with E-state index in [2.05, 4.69) is 15.5 Å². The molecule has 0 spiro atoms. The summed E-state index contributed by atoms with van der Waals surface area (Å²) in [7, 11) is 1.87. The Bertz CT molecular complexity index is 405. The molecule has 6 heteroatoms. The predicted octanol–water partition coefficient (Wildman–Crippen LogP) is 2.30. The van der Waals surface area contributed by atoms with E-state index >= 15 is 0 Å². The molecule has 0 atom stereocenters. The molecule has 2 aromatic heterocycles. The highest BCUT2D eigenvalue weighted by atomic mass is 35.5. The summed E-state index contributed by atoms with van der Waals surface area (Å²) in [5.74, 6) is 0.833. The molecule has 16 heavy (non-hydrogen) atoms. The highest BCUT2D eigenvalue weighted by Crippen LogP contribution is 2.17. The van der Waals surface area contributed by atoms with Gasteiger partial charge in [0.25, 0.3) is 0 Å². The summed E-state index contributed by atoms with van der Waals surface area (Å²) in [6.07, 6.45) is 3.48. The normalized spacial score (nSPS) is 9.06. The molecule has 0 saturated heterocycles. The number of pyridine rings is 1. The molecule has 0 unspecified atom stereocenters. The van der Waals surface area contributed by atoms with E-state index in [0.29, 0.717) is 6.54 Å². The molecule has 0 radical (unpaired) electrons. The maximum Gasteiger partial charge on any atom is 0.151 e. The molecule has 0 amide bonds. The van der Waals surface area contributed by atoms with Crippen LogP contribution >= 0.6 is 24.8 Å². The molecule has 0 aliphatic heterocycles. The largest absolute Gasteiger partial charge is 0.359 e. The van der Waals surface area contributed by atoms with Crippen LogP contribution in [0.1, 0.15) is 5.76 Å². The number of hydrogen-bond donors (Lipinski definition) is 1. The number of aromatic nitrogens is 2. The third kappa shape index (κ3) is 3.48. The summed E-state index contributed by atoms with van der Waals surface area (Å²) in [5, 5.41) is 6.96. The predicted molar refractivity (Wildman–Crippen MR) is 67.0 cm³/mol. The zero-order valence-corrected chi connectivity index (χ0v) is 10.3. The molecule has 0 saturated carbocycles. The van der Waals surface area contributed by atoms with Crippen molar-refractivity contribution in [3.8, 4) is 11.3 Å². The lowest BCUT2D eigenvalue weighted by molar-refractivity contribution is 0.379. The minimum absolute atomic E-state index is 0. The van der Waals surface area contributed by atoms with Crippen molar-refractivity contribution in [1.29, 1.82) is 0 Å². The van der Waals surface area contributed by atoms with Gasteiger partial charge in [0.2, 0.25) is 0 Å². The van der Waals surface area contributed by atoms with Gasteiger partial charge in [0.1, 0.15) is 5.69 Å². The lowest BCUT2D eigenvalue weighted by Gasteiger charge is -1.91. The van der Waals surface area contributed by atoms with Crippen LogP contribution < -0.4 is 5.32 Å². The first-order valence-electron chi connectivity index (χ1n) is 4.41. The van der Waals surface area contributed by atoms with E-state index in [1.165, 1.54) is 0 Å². The van der Waals surface area contributed by atoms with Crippen LogP contribution in [0, 0.1) is 0 Å². The average Bonchev–Trinajstić information content (AvgIpc) is 2.68. The van der Waals surface area contributed by atoms with Gasteiger partial charge in [0.15, 0.2) is 5.76 Å². The van der Waals surface area contributed by atoms with Crippen LogP contribution in [0.2, 0.25) is 0 Å². The molecule has 0 aliphatic carbocycles. The van der Waals surface area contributed by atoms with E-state index < -0.39 is 0 Å². The third-order valence-electron chi connectivity index (χ3n) is 1.89. The number of nitrogens with zero attached hydrogens (tertiary/aromatic N) is 2. The first-order chi connectivity index (χ1) is 6.90. The Hall–Kier alpha value is -1.10. The molecule has 0 bridgehead atoms. The van der Waals surface area contributed by atoms with Gasteiger partial charge in [-0.2, -0.15) is 0 Å². The molecule has 2 rings (SSSR count). The van der Waals surface area contributed by atoms with E-state index in [1.54, 1.807) is 12.4 Å². The van der Waals surface area contributed by atoms with E-state index in [9.17, 15) is 0 Å². The summed E-state index contributed by atoms with van der Waals surface area (Å²) in [5.41, 5.74) is 1.86. The maximum absolute atomic E-state index is 5.13. The van der Waals surface area contributed by atoms with E-state index in [0.717, 1.165) is 17.0 Å². The Balaban J connectivity index is 0.00000112. The fourth-order valence-corrected chi connectivity index (χ4v) is 1.23. The quantitative estimate of drug-likeness (QED) is 0.922. The minimum atomic E-state index is 0.